The Kier molecular flexibility index (Phi) is 10.7. The zero-order chi connectivity index (χ0) is 36.0. The number of hydrogen-bond donors (Lipinski definition) is 2. The molecule has 49 heavy (non-hydrogen) atoms. The van der Waals surface area contributed by atoms with Crippen LogP contribution in [-0.2, 0) is 25.4 Å². The van der Waals surface area contributed by atoms with Gasteiger partial charge in [-0.05, 0) is 49.7 Å². The number of anilines is 1. The van der Waals surface area contributed by atoms with Crippen molar-refractivity contribution in [2.75, 3.05) is 24.6 Å². The largest absolute Gasteiger partial charge is 0.456 e. The summed E-state index contributed by atoms with van der Waals surface area (Å²) in [5.74, 6) is -2.00. The molecular weight excluding hydrogens is 687 g/mol. The van der Waals surface area contributed by atoms with Gasteiger partial charge in [-0.3, -0.25) is 19.7 Å². The van der Waals surface area contributed by atoms with Crippen molar-refractivity contribution in [1.29, 1.82) is 0 Å². The number of benzene rings is 1. The zero-order valence-electron chi connectivity index (χ0n) is 29.1. The Labute approximate surface area is 295 Å². The van der Waals surface area contributed by atoms with Crippen molar-refractivity contribution >= 4 is 60.0 Å². The molecule has 0 bridgehead atoms. The number of nitrogens with one attached hydrogen (secondary N) is 1. The van der Waals surface area contributed by atoms with Gasteiger partial charge in [-0.15, -0.1) is 23.1 Å². The van der Waals surface area contributed by atoms with Crippen LogP contribution in [-0.4, -0.2) is 89.1 Å². The molecule has 3 aliphatic rings. The monoisotopic (exact) mass is 731 g/mol. The van der Waals surface area contributed by atoms with Crippen LogP contribution < -0.4 is 10.2 Å². The molecule has 5 atom stereocenters. The molecule has 1 aromatic carbocycles. The molecule has 0 saturated carbocycles. The van der Waals surface area contributed by atoms with E-state index in [-0.39, 0.29) is 58.1 Å². The molecule has 4 heterocycles. The van der Waals surface area contributed by atoms with Gasteiger partial charge < -0.3 is 29.4 Å². The smallest absolute Gasteiger partial charge is 0.356 e. The molecule has 2 aromatic rings. The molecule has 3 aliphatic heterocycles. The lowest BCUT2D eigenvalue weighted by Gasteiger charge is -2.46. The third-order valence-electron chi connectivity index (χ3n) is 9.83. The number of nitro groups is 1. The molecule has 16 heteroatoms. The summed E-state index contributed by atoms with van der Waals surface area (Å²) in [6.07, 6.45) is -0.860. The second-order valence-electron chi connectivity index (χ2n) is 14.6. The number of β-lactam (4-membered cyclic amide) rings is 1. The van der Waals surface area contributed by atoms with Gasteiger partial charge >= 0.3 is 5.97 Å². The standard InChI is InChI=1S/C33H45N5O8S2Si/c1-18(15-46-49(7,8)33(4,5)6)34-29(40)24-17-47-32(35-24)36-13-23(14-36)48-28-19(2)26-25(20(3)39)30(41)37(26)27(28)31(42)45-16-21-9-11-22(12-10-21)38(43)44/h9-12,17-20,23,25-26,39H,13-16H2,1-8H3,(H,34,40)/t18-,19+,20+,25+,26+/m0/s1. The summed E-state index contributed by atoms with van der Waals surface area (Å²) >= 11 is 2.93. The number of thioether (sulfide) groups is 1. The average Bonchev–Trinajstić information content (AvgIpc) is 3.57. The second kappa shape index (κ2) is 14.1. The van der Waals surface area contributed by atoms with E-state index in [4.69, 9.17) is 9.16 Å². The highest BCUT2D eigenvalue weighted by atomic mass is 32.2. The minimum Gasteiger partial charge on any atom is -0.456 e. The number of ether oxygens (including phenoxy) is 1. The van der Waals surface area contributed by atoms with Crippen molar-refractivity contribution in [1.82, 2.24) is 15.2 Å². The van der Waals surface area contributed by atoms with E-state index >= 15 is 0 Å². The number of thiazole rings is 1. The first-order chi connectivity index (χ1) is 22.9. The van der Waals surface area contributed by atoms with Gasteiger partial charge in [-0.1, -0.05) is 27.7 Å². The van der Waals surface area contributed by atoms with Gasteiger partial charge in [0.15, 0.2) is 13.4 Å². The molecule has 2 amide bonds. The summed E-state index contributed by atoms with van der Waals surface area (Å²) in [5, 5.41) is 27.0. The molecule has 0 spiro atoms. The van der Waals surface area contributed by atoms with Crippen molar-refractivity contribution < 1.29 is 33.6 Å². The van der Waals surface area contributed by atoms with Crippen LogP contribution in [0.15, 0.2) is 40.2 Å². The topological polar surface area (TPSA) is 164 Å². The molecule has 2 fully saturated rings. The lowest BCUT2D eigenvalue weighted by atomic mass is 9.79. The predicted octanol–water partition coefficient (Wildman–Crippen LogP) is 4.93. The molecule has 0 unspecified atom stereocenters. The summed E-state index contributed by atoms with van der Waals surface area (Å²) < 4.78 is 11.9. The maximum absolute atomic E-state index is 13.5. The number of aliphatic hydroxyl groups excluding tert-OH is 1. The predicted molar refractivity (Wildman–Crippen MR) is 191 cm³/mol. The van der Waals surface area contributed by atoms with Crippen molar-refractivity contribution in [3.63, 3.8) is 0 Å². The van der Waals surface area contributed by atoms with Crippen LogP contribution >= 0.6 is 23.1 Å². The van der Waals surface area contributed by atoms with E-state index in [0.717, 1.165) is 10.0 Å². The number of hydrogen-bond acceptors (Lipinski definition) is 12. The fourth-order valence-electron chi connectivity index (χ4n) is 5.85. The highest BCUT2D eigenvalue weighted by Crippen LogP contribution is 2.52. The number of rotatable bonds is 13. The van der Waals surface area contributed by atoms with Gasteiger partial charge in [0.25, 0.3) is 11.6 Å². The van der Waals surface area contributed by atoms with E-state index in [1.165, 1.54) is 52.3 Å². The van der Waals surface area contributed by atoms with Crippen LogP contribution in [0.3, 0.4) is 0 Å². The van der Waals surface area contributed by atoms with Crippen molar-refractivity contribution in [3.05, 3.63) is 61.6 Å². The van der Waals surface area contributed by atoms with Crippen molar-refractivity contribution in [3.8, 4) is 0 Å². The molecule has 2 saturated heterocycles. The number of aliphatic hydroxyl groups is 1. The lowest BCUT2D eigenvalue weighted by Crippen LogP contribution is -2.63. The van der Waals surface area contributed by atoms with Gasteiger partial charge in [-0.25, -0.2) is 9.78 Å². The number of fused-ring (bicyclic) bond motifs is 1. The molecule has 0 aliphatic carbocycles. The minimum absolute atomic E-state index is 0.0664. The number of carbonyl (C=O) groups is 3. The summed E-state index contributed by atoms with van der Waals surface area (Å²) in [4.78, 5) is 58.9. The Morgan fingerprint density at radius 2 is 1.88 bits per heavy atom. The third kappa shape index (κ3) is 7.57. The zero-order valence-corrected chi connectivity index (χ0v) is 31.7. The molecule has 13 nitrogen and oxygen atoms in total. The molecule has 0 radical (unpaired) electrons. The maximum Gasteiger partial charge on any atom is 0.356 e. The summed E-state index contributed by atoms with van der Waals surface area (Å²) in [5.41, 5.74) is 1.06. The second-order valence-corrected chi connectivity index (χ2v) is 21.6. The summed E-state index contributed by atoms with van der Waals surface area (Å²) in [6, 6.07) is 5.22. The van der Waals surface area contributed by atoms with E-state index < -0.39 is 31.2 Å². The first kappa shape index (κ1) is 37.0. The highest BCUT2D eigenvalue weighted by molar-refractivity contribution is 8.03. The first-order valence-electron chi connectivity index (χ1n) is 16.4. The van der Waals surface area contributed by atoms with Crippen LogP contribution in [0, 0.1) is 22.0 Å². The van der Waals surface area contributed by atoms with E-state index in [1.54, 1.807) is 12.3 Å². The Bertz CT molecular complexity index is 1630. The van der Waals surface area contributed by atoms with Crippen LogP contribution in [0.2, 0.25) is 18.1 Å². The highest BCUT2D eigenvalue weighted by Gasteiger charge is 2.60. The molecule has 5 rings (SSSR count). The quantitative estimate of drug-likeness (QED) is 0.0945. The molecule has 2 N–H and O–H groups in total. The van der Waals surface area contributed by atoms with Crippen LogP contribution in [0.4, 0.5) is 10.8 Å². The number of non-ortho nitro benzene ring substituents is 1. The van der Waals surface area contributed by atoms with E-state index in [2.05, 4.69) is 49.1 Å². The Morgan fingerprint density at radius 3 is 2.47 bits per heavy atom. The van der Waals surface area contributed by atoms with E-state index in [9.17, 15) is 29.6 Å². The van der Waals surface area contributed by atoms with Gasteiger partial charge in [0.05, 0.1) is 29.6 Å². The van der Waals surface area contributed by atoms with E-state index in [1.807, 2.05) is 13.8 Å². The number of amides is 2. The number of esters is 1. The van der Waals surface area contributed by atoms with Crippen LogP contribution in [0.5, 0.6) is 0 Å². The SMILES string of the molecule is C[C@@H](CO[Si](C)(C)C(C)(C)C)NC(=O)c1csc(N2CC(SC3=C(C(=O)OCc4ccc([N+](=O)[O-])cc4)N4C(=O)[C@H]([C@@H](C)O)[C@H]4[C@H]3C)C2)n1. The fraction of sp³-hybridized carbons (Fsp3) is 0.576. The van der Waals surface area contributed by atoms with Gasteiger partial charge in [-0.2, -0.15) is 0 Å². The van der Waals surface area contributed by atoms with Crippen molar-refractivity contribution in [2.45, 2.75) is 89.7 Å². The van der Waals surface area contributed by atoms with Crippen LogP contribution in [0.1, 0.15) is 57.6 Å². The molecular formula is C33H45N5O8S2Si. The Morgan fingerprint density at radius 1 is 1.22 bits per heavy atom. The summed E-state index contributed by atoms with van der Waals surface area (Å²) in [6.45, 7) is 18.0. The number of nitro benzene ring substituents is 1. The van der Waals surface area contributed by atoms with Gasteiger partial charge in [0.2, 0.25) is 5.91 Å². The number of nitrogens with zero attached hydrogens (tertiary/aromatic N) is 4. The Balaban J connectivity index is 1.20. The Hall–Kier alpha value is -3.31. The van der Waals surface area contributed by atoms with Gasteiger partial charge in [0.1, 0.15) is 18.0 Å². The number of aromatic nitrogens is 1. The lowest BCUT2D eigenvalue weighted by molar-refractivity contribution is -0.384. The fourth-order valence-corrected chi connectivity index (χ4v) is 9.29. The minimum atomic E-state index is -1.93. The van der Waals surface area contributed by atoms with E-state index in [0.29, 0.717) is 31.0 Å². The average molecular weight is 732 g/mol. The normalized spacial score (nSPS) is 22.3. The maximum atomic E-state index is 13.5. The first-order valence-corrected chi connectivity index (χ1v) is 21.0. The third-order valence-corrected chi connectivity index (χ3v) is 16.7. The molecule has 266 valence electrons. The summed E-state index contributed by atoms with van der Waals surface area (Å²) in [7, 11) is -1.93. The van der Waals surface area contributed by atoms with Crippen molar-refractivity contribution in [2.24, 2.45) is 11.8 Å². The van der Waals surface area contributed by atoms with Gasteiger partial charge in [0, 0.05) is 52.7 Å². The molecule has 1 aromatic heterocycles. The number of carbonyl (C=O) groups excluding carboxylic acids is 3. The van der Waals surface area contributed by atoms with Crippen LogP contribution in [0.25, 0.3) is 0 Å².